The number of carbonyl (C=O) groups is 1. The molecule has 1 fully saturated rings. The van der Waals surface area contributed by atoms with Crippen LogP contribution >= 0.6 is 15.9 Å². The number of hydrogen-bond donors (Lipinski definition) is 1. The maximum absolute atomic E-state index is 10.5. The minimum Gasteiger partial charge on any atom is -0.481 e. The largest absolute Gasteiger partial charge is 0.481 e. The molecular formula is C16H21BrO2. The SMILES string of the molecule is O=C(O)CCCc1ccc(C2CCCCC2)c(Br)c1. The number of aryl methyl sites for hydroxylation is 1. The fourth-order valence-electron chi connectivity index (χ4n) is 2.91. The lowest BCUT2D eigenvalue weighted by atomic mass is 9.84. The highest BCUT2D eigenvalue weighted by Gasteiger charge is 2.17. The molecule has 0 aliphatic heterocycles. The van der Waals surface area contributed by atoms with E-state index >= 15 is 0 Å². The molecule has 3 heteroatoms. The number of carboxylic acid groups (broad SMARTS) is 1. The predicted octanol–water partition coefficient (Wildman–Crippen LogP) is 4.90. The molecule has 0 saturated heterocycles. The molecule has 19 heavy (non-hydrogen) atoms. The molecule has 0 bridgehead atoms. The lowest BCUT2D eigenvalue weighted by Gasteiger charge is -2.23. The first-order valence-corrected chi connectivity index (χ1v) is 7.96. The molecule has 1 saturated carbocycles. The summed E-state index contributed by atoms with van der Waals surface area (Å²) in [6, 6.07) is 6.57. The number of rotatable bonds is 5. The molecule has 0 heterocycles. The molecule has 2 nitrogen and oxygen atoms in total. The summed E-state index contributed by atoms with van der Waals surface area (Å²) in [5.41, 5.74) is 2.66. The summed E-state index contributed by atoms with van der Waals surface area (Å²) < 4.78 is 1.20. The van der Waals surface area contributed by atoms with Gasteiger partial charge in [0.05, 0.1) is 0 Å². The van der Waals surface area contributed by atoms with Crippen molar-refractivity contribution in [3.63, 3.8) is 0 Å². The summed E-state index contributed by atoms with van der Waals surface area (Å²) >= 11 is 3.69. The highest BCUT2D eigenvalue weighted by atomic mass is 79.9. The zero-order valence-corrected chi connectivity index (χ0v) is 12.8. The zero-order valence-electron chi connectivity index (χ0n) is 11.2. The molecular weight excluding hydrogens is 304 g/mol. The van der Waals surface area contributed by atoms with E-state index in [0.717, 1.165) is 6.42 Å². The Morgan fingerprint density at radius 3 is 2.63 bits per heavy atom. The first kappa shape index (κ1) is 14.6. The number of aliphatic carboxylic acids is 1. The first-order valence-electron chi connectivity index (χ1n) is 7.17. The maximum Gasteiger partial charge on any atom is 0.303 e. The normalized spacial score (nSPS) is 16.5. The van der Waals surface area contributed by atoms with Crippen LogP contribution in [0.15, 0.2) is 22.7 Å². The van der Waals surface area contributed by atoms with E-state index in [4.69, 9.17) is 5.11 Å². The molecule has 0 radical (unpaired) electrons. The van der Waals surface area contributed by atoms with Crippen molar-refractivity contribution >= 4 is 21.9 Å². The van der Waals surface area contributed by atoms with Gasteiger partial charge in [-0.3, -0.25) is 4.79 Å². The van der Waals surface area contributed by atoms with E-state index in [1.165, 1.54) is 47.7 Å². The van der Waals surface area contributed by atoms with Crippen LogP contribution in [-0.2, 0) is 11.2 Å². The van der Waals surface area contributed by atoms with Gasteiger partial charge in [0.1, 0.15) is 0 Å². The molecule has 0 unspecified atom stereocenters. The average molecular weight is 325 g/mol. The van der Waals surface area contributed by atoms with E-state index in [9.17, 15) is 4.79 Å². The van der Waals surface area contributed by atoms with Gasteiger partial charge in [0.15, 0.2) is 0 Å². The smallest absolute Gasteiger partial charge is 0.303 e. The van der Waals surface area contributed by atoms with Gasteiger partial charge in [0.25, 0.3) is 0 Å². The van der Waals surface area contributed by atoms with Gasteiger partial charge in [-0.25, -0.2) is 0 Å². The van der Waals surface area contributed by atoms with E-state index in [1.807, 2.05) is 0 Å². The van der Waals surface area contributed by atoms with E-state index in [1.54, 1.807) is 0 Å². The van der Waals surface area contributed by atoms with E-state index in [2.05, 4.69) is 34.1 Å². The maximum atomic E-state index is 10.5. The Bertz CT molecular complexity index is 436. The second-order valence-electron chi connectivity index (χ2n) is 5.44. The van der Waals surface area contributed by atoms with Gasteiger partial charge >= 0.3 is 5.97 Å². The lowest BCUT2D eigenvalue weighted by Crippen LogP contribution is -2.05. The van der Waals surface area contributed by atoms with Gasteiger partial charge in [-0.05, 0) is 48.8 Å². The Morgan fingerprint density at radius 1 is 1.26 bits per heavy atom. The Balaban J connectivity index is 1.98. The van der Waals surface area contributed by atoms with Gasteiger partial charge in [-0.1, -0.05) is 47.3 Å². The molecule has 1 aliphatic rings. The fourth-order valence-corrected chi connectivity index (χ4v) is 3.66. The van der Waals surface area contributed by atoms with Crippen molar-refractivity contribution in [2.45, 2.75) is 57.3 Å². The second kappa shape index (κ2) is 7.09. The number of hydrogen-bond acceptors (Lipinski definition) is 1. The van der Waals surface area contributed by atoms with Crippen LogP contribution < -0.4 is 0 Å². The third-order valence-corrected chi connectivity index (χ3v) is 4.65. The van der Waals surface area contributed by atoms with E-state index in [-0.39, 0.29) is 6.42 Å². The molecule has 1 aliphatic carbocycles. The molecule has 1 aromatic rings. The van der Waals surface area contributed by atoms with Crippen LogP contribution in [0.5, 0.6) is 0 Å². The van der Waals surface area contributed by atoms with Crippen molar-refractivity contribution in [2.24, 2.45) is 0 Å². The summed E-state index contributed by atoms with van der Waals surface area (Å²) in [5.74, 6) is -0.00548. The van der Waals surface area contributed by atoms with E-state index in [0.29, 0.717) is 12.3 Å². The quantitative estimate of drug-likeness (QED) is 0.836. The Kier molecular flexibility index (Phi) is 5.44. The van der Waals surface area contributed by atoms with Gasteiger partial charge in [0.2, 0.25) is 0 Å². The van der Waals surface area contributed by atoms with Crippen LogP contribution in [0.4, 0.5) is 0 Å². The second-order valence-corrected chi connectivity index (χ2v) is 6.29. The third-order valence-electron chi connectivity index (χ3n) is 3.97. The summed E-state index contributed by atoms with van der Waals surface area (Å²) in [7, 11) is 0. The first-order chi connectivity index (χ1) is 9.16. The van der Waals surface area contributed by atoms with Crippen molar-refractivity contribution in [1.29, 1.82) is 0 Å². The lowest BCUT2D eigenvalue weighted by molar-refractivity contribution is -0.137. The van der Waals surface area contributed by atoms with Gasteiger partial charge in [0, 0.05) is 10.9 Å². The molecule has 0 aromatic heterocycles. The topological polar surface area (TPSA) is 37.3 Å². The van der Waals surface area contributed by atoms with Crippen LogP contribution in [0.3, 0.4) is 0 Å². The van der Waals surface area contributed by atoms with Crippen LogP contribution in [0.25, 0.3) is 0 Å². The fraction of sp³-hybridized carbons (Fsp3) is 0.562. The van der Waals surface area contributed by atoms with Crippen molar-refractivity contribution in [3.8, 4) is 0 Å². The number of benzene rings is 1. The summed E-state index contributed by atoms with van der Waals surface area (Å²) in [6.45, 7) is 0. The van der Waals surface area contributed by atoms with Crippen molar-refractivity contribution in [1.82, 2.24) is 0 Å². The summed E-state index contributed by atoms with van der Waals surface area (Å²) in [6.07, 6.45) is 8.48. The van der Waals surface area contributed by atoms with Crippen molar-refractivity contribution in [2.75, 3.05) is 0 Å². The Labute approximate surface area is 123 Å². The average Bonchev–Trinajstić information content (AvgIpc) is 2.39. The summed E-state index contributed by atoms with van der Waals surface area (Å²) in [5, 5.41) is 8.65. The monoisotopic (exact) mass is 324 g/mol. The van der Waals surface area contributed by atoms with Crippen LogP contribution in [0.1, 0.15) is 62.0 Å². The zero-order chi connectivity index (χ0) is 13.7. The number of halogens is 1. The van der Waals surface area contributed by atoms with Crippen LogP contribution in [0, 0.1) is 0 Å². The molecule has 0 atom stereocenters. The van der Waals surface area contributed by atoms with Gasteiger partial charge < -0.3 is 5.11 Å². The minimum absolute atomic E-state index is 0.252. The Morgan fingerprint density at radius 2 is 2.00 bits per heavy atom. The van der Waals surface area contributed by atoms with Gasteiger partial charge in [-0.2, -0.15) is 0 Å². The number of carboxylic acids is 1. The molecule has 0 amide bonds. The van der Waals surface area contributed by atoms with E-state index < -0.39 is 5.97 Å². The van der Waals surface area contributed by atoms with Gasteiger partial charge in [-0.15, -0.1) is 0 Å². The highest BCUT2D eigenvalue weighted by molar-refractivity contribution is 9.10. The summed E-state index contributed by atoms with van der Waals surface area (Å²) in [4.78, 5) is 10.5. The minimum atomic E-state index is -0.710. The van der Waals surface area contributed by atoms with Crippen molar-refractivity contribution in [3.05, 3.63) is 33.8 Å². The molecule has 104 valence electrons. The molecule has 0 spiro atoms. The molecule has 1 aromatic carbocycles. The standard InChI is InChI=1S/C16H21BrO2/c17-15-11-12(5-4-8-16(18)19)9-10-14(15)13-6-2-1-3-7-13/h9-11,13H,1-8H2,(H,18,19). The Hall–Kier alpha value is -0.830. The molecule has 1 N–H and O–H groups in total. The van der Waals surface area contributed by atoms with Crippen LogP contribution in [-0.4, -0.2) is 11.1 Å². The molecule has 2 rings (SSSR count). The highest BCUT2D eigenvalue weighted by Crippen LogP contribution is 2.36. The predicted molar refractivity (Wildman–Crippen MR) is 80.5 cm³/mol. The third kappa shape index (κ3) is 4.34. The van der Waals surface area contributed by atoms with Crippen molar-refractivity contribution < 1.29 is 9.90 Å². The van der Waals surface area contributed by atoms with Crippen LogP contribution in [0.2, 0.25) is 0 Å².